The fraction of sp³-hybridized carbons (Fsp3) is 0.800. The Morgan fingerprint density at radius 3 is 3.00 bits per heavy atom. The average molecular weight is 229 g/mol. The highest BCUT2D eigenvalue weighted by molar-refractivity contribution is 7.99. The quantitative estimate of drug-likeness (QED) is 0.773. The Bertz CT molecular complexity index is 277. The van der Waals surface area contributed by atoms with Crippen molar-refractivity contribution in [2.24, 2.45) is 0 Å². The van der Waals surface area contributed by atoms with E-state index >= 15 is 0 Å². The zero-order valence-corrected chi connectivity index (χ0v) is 10.4. The molecule has 0 aliphatic rings. The van der Waals surface area contributed by atoms with E-state index in [-0.39, 0.29) is 0 Å². The number of hydrogen-bond donors (Lipinski definition) is 1. The number of rotatable bonds is 7. The van der Waals surface area contributed by atoms with E-state index in [0.29, 0.717) is 5.25 Å². The summed E-state index contributed by atoms with van der Waals surface area (Å²) in [7, 11) is 1.91. The van der Waals surface area contributed by atoms with Crippen LogP contribution in [-0.2, 0) is 12.2 Å². The van der Waals surface area contributed by atoms with Gasteiger partial charge in [-0.15, -0.1) is 0 Å². The minimum Gasteiger partial charge on any atom is -0.339 e. The van der Waals surface area contributed by atoms with Gasteiger partial charge in [-0.25, -0.2) is 0 Å². The Balaban J connectivity index is 2.32. The van der Waals surface area contributed by atoms with Gasteiger partial charge >= 0.3 is 0 Å². The van der Waals surface area contributed by atoms with E-state index in [0.717, 1.165) is 30.4 Å². The number of likely N-dealkylation sites (N-methyl/N-ethyl adjacent to an activating group) is 1. The molecule has 0 spiro atoms. The first-order valence-corrected chi connectivity index (χ1v) is 6.38. The van der Waals surface area contributed by atoms with Crippen LogP contribution < -0.4 is 5.32 Å². The molecule has 1 unspecified atom stereocenters. The molecule has 1 rings (SSSR count). The minimum absolute atomic E-state index is 0.657. The third-order valence-corrected chi connectivity index (χ3v) is 3.50. The van der Waals surface area contributed by atoms with Crippen molar-refractivity contribution < 1.29 is 4.52 Å². The molecule has 0 aromatic carbocycles. The molecule has 15 heavy (non-hydrogen) atoms. The minimum atomic E-state index is 0.657. The van der Waals surface area contributed by atoms with Gasteiger partial charge < -0.3 is 9.84 Å². The van der Waals surface area contributed by atoms with Crippen LogP contribution in [0.25, 0.3) is 0 Å². The molecule has 5 heteroatoms. The van der Waals surface area contributed by atoms with Crippen molar-refractivity contribution in [1.29, 1.82) is 0 Å². The van der Waals surface area contributed by atoms with Crippen LogP contribution in [0.2, 0.25) is 0 Å². The molecule has 86 valence electrons. The third-order valence-electron chi connectivity index (χ3n) is 2.17. The first-order valence-electron chi connectivity index (χ1n) is 5.34. The topological polar surface area (TPSA) is 51.0 Å². The maximum absolute atomic E-state index is 5.12. The van der Waals surface area contributed by atoms with E-state index in [2.05, 4.69) is 29.3 Å². The first kappa shape index (κ1) is 12.5. The SMILES string of the molecule is CCC(C)SCc1noc(CCNC)n1. The smallest absolute Gasteiger partial charge is 0.227 e. The lowest BCUT2D eigenvalue weighted by molar-refractivity contribution is 0.373. The van der Waals surface area contributed by atoms with Gasteiger partial charge in [-0.1, -0.05) is 19.0 Å². The van der Waals surface area contributed by atoms with Gasteiger partial charge in [-0.3, -0.25) is 0 Å². The highest BCUT2D eigenvalue weighted by Crippen LogP contribution is 2.17. The zero-order valence-electron chi connectivity index (χ0n) is 9.62. The number of nitrogens with one attached hydrogen (secondary N) is 1. The molecular formula is C10H19N3OS. The van der Waals surface area contributed by atoms with Crippen molar-refractivity contribution >= 4 is 11.8 Å². The Kier molecular flexibility index (Phi) is 5.71. The summed E-state index contributed by atoms with van der Waals surface area (Å²) in [5, 5.41) is 7.65. The summed E-state index contributed by atoms with van der Waals surface area (Å²) in [6.45, 7) is 5.28. The summed E-state index contributed by atoms with van der Waals surface area (Å²) in [6.07, 6.45) is 1.98. The average Bonchev–Trinajstić information content (AvgIpc) is 2.71. The lowest BCUT2D eigenvalue weighted by Crippen LogP contribution is -2.10. The molecule has 0 fully saturated rings. The van der Waals surface area contributed by atoms with Crippen LogP contribution in [0.15, 0.2) is 4.52 Å². The second-order valence-electron chi connectivity index (χ2n) is 3.49. The second kappa shape index (κ2) is 6.85. The van der Waals surface area contributed by atoms with Crippen molar-refractivity contribution in [2.75, 3.05) is 13.6 Å². The Labute approximate surface area is 95.2 Å². The van der Waals surface area contributed by atoms with Crippen LogP contribution >= 0.6 is 11.8 Å². The van der Waals surface area contributed by atoms with Gasteiger partial charge in [-0.2, -0.15) is 16.7 Å². The predicted octanol–water partition coefficient (Wildman–Crippen LogP) is 1.86. The monoisotopic (exact) mass is 229 g/mol. The summed E-state index contributed by atoms with van der Waals surface area (Å²) in [5.74, 6) is 2.38. The summed E-state index contributed by atoms with van der Waals surface area (Å²) in [4.78, 5) is 4.32. The molecule has 4 nitrogen and oxygen atoms in total. The van der Waals surface area contributed by atoms with E-state index in [1.54, 1.807) is 0 Å². The zero-order chi connectivity index (χ0) is 11.1. The van der Waals surface area contributed by atoms with Crippen molar-refractivity contribution in [3.63, 3.8) is 0 Å². The number of aromatic nitrogens is 2. The van der Waals surface area contributed by atoms with E-state index in [1.165, 1.54) is 6.42 Å². The van der Waals surface area contributed by atoms with E-state index in [1.807, 2.05) is 18.8 Å². The molecule has 1 atom stereocenters. The van der Waals surface area contributed by atoms with Crippen molar-refractivity contribution in [3.05, 3.63) is 11.7 Å². The van der Waals surface area contributed by atoms with Gasteiger partial charge in [0.25, 0.3) is 0 Å². The molecule has 0 saturated heterocycles. The molecule has 0 aliphatic carbocycles. The van der Waals surface area contributed by atoms with Crippen LogP contribution in [0.4, 0.5) is 0 Å². The largest absolute Gasteiger partial charge is 0.339 e. The lowest BCUT2D eigenvalue weighted by Gasteiger charge is -2.04. The van der Waals surface area contributed by atoms with Gasteiger partial charge in [0.2, 0.25) is 5.89 Å². The predicted molar refractivity (Wildman–Crippen MR) is 63.0 cm³/mol. The van der Waals surface area contributed by atoms with Gasteiger partial charge in [0.15, 0.2) is 5.82 Å². The number of thioether (sulfide) groups is 1. The highest BCUT2D eigenvalue weighted by Gasteiger charge is 2.07. The highest BCUT2D eigenvalue weighted by atomic mass is 32.2. The van der Waals surface area contributed by atoms with E-state index in [9.17, 15) is 0 Å². The Hall–Kier alpha value is -0.550. The van der Waals surface area contributed by atoms with Crippen LogP contribution in [-0.4, -0.2) is 29.0 Å². The van der Waals surface area contributed by atoms with Crippen molar-refractivity contribution in [3.8, 4) is 0 Å². The van der Waals surface area contributed by atoms with Gasteiger partial charge in [0.1, 0.15) is 0 Å². The molecule has 0 amide bonds. The molecule has 1 heterocycles. The molecule has 1 N–H and O–H groups in total. The summed E-state index contributed by atoms with van der Waals surface area (Å²) >= 11 is 1.87. The molecule has 1 aromatic heterocycles. The molecular weight excluding hydrogens is 210 g/mol. The standard InChI is InChI=1S/C10H19N3OS/c1-4-8(2)15-7-9-12-10(14-13-9)5-6-11-3/h8,11H,4-7H2,1-3H3. The fourth-order valence-electron chi connectivity index (χ4n) is 1.02. The van der Waals surface area contributed by atoms with E-state index in [4.69, 9.17) is 4.52 Å². The van der Waals surface area contributed by atoms with Crippen LogP contribution in [0.1, 0.15) is 32.0 Å². The number of hydrogen-bond acceptors (Lipinski definition) is 5. The summed E-state index contributed by atoms with van der Waals surface area (Å²) < 4.78 is 5.12. The maximum Gasteiger partial charge on any atom is 0.227 e. The third kappa shape index (κ3) is 4.66. The molecule has 1 aromatic rings. The molecule has 0 radical (unpaired) electrons. The van der Waals surface area contributed by atoms with Crippen LogP contribution in [0.3, 0.4) is 0 Å². The lowest BCUT2D eigenvalue weighted by atomic mass is 10.4. The number of nitrogens with zero attached hydrogens (tertiary/aromatic N) is 2. The van der Waals surface area contributed by atoms with Crippen LogP contribution in [0.5, 0.6) is 0 Å². The second-order valence-corrected chi connectivity index (χ2v) is 4.91. The molecule has 0 aliphatic heterocycles. The molecule has 0 bridgehead atoms. The molecule has 0 saturated carbocycles. The van der Waals surface area contributed by atoms with Gasteiger partial charge in [-0.05, 0) is 13.5 Å². The van der Waals surface area contributed by atoms with Crippen molar-refractivity contribution in [2.45, 2.75) is 37.7 Å². The Morgan fingerprint density at radius 1 is 1.53 bits per heavy atom. The van der Waals surface area contributed by atoms with E-state index < -0.39 is 0 Å². The normalized spacial score (nSPS) is 13.0. The van der Waals surface area contributed by atoms with Crippen LogP contribution in [0, 0.1) is 0 Å². The van der Waals surface area contributed by atoms with Crippen molar-refractivity contribution in [1.82, 2.24) is 15.5 Å². The van der Waals surface area contributed by atoms with Gasteiger partial charge in [0.05, 0.1) is 5.75 Å². The maximum atomic E-state index is 5.12. The Morgan fingerprint density at radius 2 is 2.33 bits per heavy atom. The summed E-state index contributed by atoms with van der Waals surface area (Å²) in [5.41, 5.74) is 0. The van der Waals surface area contributed by atoms with Gasteiger partial charge in [0, 0.05) is 18.2 Å². The fourth-order valence-corrected chi connectivity index (χ4v) is 1.80. The first-order chi connectivity index (χ1) is 7.26. The summed E-state index contributed by atoms with van der Waals surface area (Å²) in [6, 6.07) is 0.